The smallest absolute Gasteiger partial charge is 0.321 e. The van der Waals surface area contributed by atoms with Crippen molar-refractivity contribution in [1.82, 2.24) is 15.1 Å². The summed E-state index contributed by atoms with van der Waals surface area (Å²) in [6.07, 6.45) is 0. The van der Waals surface area contributed by atoms with Gasteiger partial charge in [-0.05, 0) is 42.3 Å². The van der Waals surface area contributed by atoms with Gasteiger partial charge in [0.2, 0.25) is 0 Å². The molecule has 2 aromatic carbocycles. The zero-order chi connectivity index (χ0) is 19.2. The van der Waals surface area contributed by atoms with Crippen LogP contribution >= 0.6 is 11.6 Å². The fourth-order valence-electron chi connectivity index (χ4n) is 2.97. The number of nitrogens with one attached hydrogen (secondary N) is 2. The second-order valence-corrected chi connectivity index (χ2v) is 7.00. The molecule has 6 nitrogen and oxygen atoms in total. The summed E-state index contributed by atoms with van der Waals surface area (Å²) < 4.78 is 0. The van der Waals surface area contributed by atoms with Crippen molar-refractivity contribution in [2.45, 2.75) is 13.5 Å². The predicted octanol–water partition coefficient (Wildman–Crippen LogP) is 3.71. The van der Waals surface area contributed by atoms with E-state index in [2.05, 4.69) is 10.6 Å². The van der Waals surface area contributed by atoms with Gasteiger partial charge in [0.25, 0.3) is 0 Å². The van der Waals surface area contributed by atoms with Crippen molar-refractivity contribution < 1.29 is 9.59 Å². The summed E-state index contributed by atoms with van der Waals surface area (Å²) in [4.78, 5) is 28.2. The Morgan fingerprint density at radius 3 is 2.30 bits per heavy atom. The normalized spacial score (nSPS) is 14.0. The first-order chi connectivity index (χ1) is 13.0. The van der Waals surface area contributed by atoms with E-state index in [-0.39, 0.29) is 12.1 Å². The number of hydrogen-bond donors (Lipinski definition) is 2. The first kappa shape index (κ1) is 19.0. The van der Waals surface area contributed by atoms with Crippen molar-refractivity contribution in [2.75, 3.05) is 31.5 Å². The Labute approximate surface area is 164 Å². The highest BCUT2D eigenvalue weighted by molar-refractivity contribution is 6.30. The number of carbonyl (C=O) groups excluding carboxylic acids is 2. The molecule has 4 amide bonds. The minimum Gasteiger partial charge on any atom is -0.334 e. The van der Waals surface area contributed by atoms with E-state index in [9.17, 15) is 9.59 Å². The van der Waals surface area contributed by atoms with Gasteiger partial charge in [-0.2, -0.15) is 0 Å². The number of carbonyl (C=O) groups is 2. The first-order valence-corrected chi connectivity index (χ1v) is 9.29. The van der Waals surface area contributed by atoms with Gasteiger partial charge in [-0.3, -0.25) is 0 Å². The number of amides is 4. The maximum absolute atomic E-state index is 12.4. The van der Waals surface area contributed by atoms with Crippen molar-refractivity contribution in [3.63, 3.8) is 0 Å². The highest BCUT2D eigenvalue weighted by atomic mass is 35.5. The highest BCUT2D eigenvalue weighted by Gasteiger charge is 2.24. The number of hydrogen-bond acceptors (Lipinski definition) is 2. The van der Waals surface area contributed by atoms with Gasteiger partial charge in [0, 0.05) is 43.4 Å². The Bertz CT molecular complexity index is 819. The maximum Gasteiger partial charge on any atom is 0.321 e. The third-order valence-electron chi connectivity index (χ3n) is 4.46. The van der Waals surface area contributed by atoms with Gasteiger partial charge < -0.3 is 20.4 Å². The van der Waals surface area contributed by atoms with Crippen LogP contribution in [0.15, 0.2) is 48.5 Å². The molecular formula is C20H23ClN4O2. The predicted molar refractivity (Wildman–Crippen MR) is 107 cm³/mol. The molecule has 0 saturated carbocycles. The molecule has 142 valence electrons. The molecule has 0 radical (unpaired) electrons. The lowest BCUT2D eigenvalue weighted by molar-refractivity contribution is 0.149. The minimum absolute atomic E-state index is 0.131. The van der Waals surface area contributed by atoms with Gasteiger partial charge in [0.1, 0.15) is 0 Å². The lowest BCUT2D eigenvalue weighted by Crippen LogP contribution is -2.53. The number of aryl methyl sites for hydroxylation is 1. The van der Waals surface area contributed by atoms with Crippen LogP contribution in [0, 0.1) is 6.92 Å². The zero-order valence-electron chi connectivity index (χ0n) is 15.2. The molecule has 2 N–H and O–H groups in total. The quantitative estimate of drug-likeness (QED) is 0.844. The lowest BCUT2D eigenvalue weighted by atomic mass is 10.2. The molecule has 0 aromatic heterocycles. The van der Waals surface area contributed by atoms with Crippen molar-refractivity contribution in [3.8, 4) is 0 Å². The molecule has 0 unspecified atom stereocenters. The number of nitrogens with zero attached hydrogens (tertiary/aromatic N) is 2. The van der Waals surface area contributed by atoms with Gasteiger partial charge in [-0.15, -0.1) is 0 Å². The summed E-state index contributed by atoms with van der Waals surface area (Å²) in [5, 5.41) is 6.45. The Morgan fingerprint density at radius 2 is 1.63 bits per heavy atom. The summed E-state index contributed by atoms with van der Waals surface area (Å²) in [6.45, 7) is 4.42. The van der Waals surface area contributed by atoms with E-state index in [1.807, 2.05) is 49.4 Å². The molecule has 7 heteroatoms. The SMILES string of the molecule is Cc1cccc(NC(=O)N2CCN(C(=O)NCc3cccc(Cl)c3)CC2)c1. The minimum atomic E-state index is -0.139. The second kappa shape index (κ2) is 8.77. The molecule has 1 aliphatic rings. The number of rotatable bonds is 3. The van der Waals surface area contributed by atoms with E-state index in [4.69, 9.17) is 11.6 Å². The van der Waals surface area contributed by atoms with E-state index in [0.717, 1.165) is 16.8 Å². The van der Waals surface area contributed by atoms with Crippen LogP contribution < -0.4 is 10.6 Å². The fourth-order valence-corrected chi connectivity index (χ4v) is 3.19. The van der Waals surface area contributed by atoms with Crippen LogP contribution in [0.1, 0.15) is 11.1 Å². The largest absolute Gasteiger partial charge is 0.334 e. The standard InChI is InChI=1S/C20H23ClN4O2/c1-15-4-2-7-18(12-15)23-20(27)25-10-8-24(9-11-25)19(26)22-14-16-5-3-6-17(21)13-16/h2-7,12-13H,8-11,14H2,1H3,(H,22,26)(H,23,27). The molecule has 0 atom stereocenters. The van der Waals surface area contributed by atoms with Crippen LogP contribution in [0.25, 0.3) is 0 Å². The van der Waals surface area contributed by atoms with Crippen LogP contribution in [-0.2, 0) is 6.54 Å². The third kappa shape index (κ3) is 5.37. The van der Waals surface area contributed by atoms with E-state index < -0.39 is 0 Å². The van der Waals surface area contributed by atoms with Crippen LogP contribution in [0.5, 0.6) is 0 Å². The summed E-state index contributed by atoms with van der Waals surface area (Å²) >= 11 is 5.95. The highest BCUT2D eigenvalue weighted by Crippen LogP contribution is 2.12. The summed E-state index contributed by atoms with van der Waals surface area (Å²) in [5.41, 5.74) is 2.82. The van der Waals surface area contributed by atoms with Crippen LogP contribution in [0.2, 0.25) is 5.02 Å². The van der Waals surface area contributed by atoms with Crippen molar-refractivity contribution in [3.05, 3.63) is 64.7 Å². The molecule has 2 aromatic rings. The average Bonchev–Trinajstić information content (AvgIpc) is 2.66. The van der Waals surface area contributed by atoms with Gasteiger partial charge in [0.15, 0.2) is 0 Å². The van der Waals surface area contributed by atoms with Crippen molar-refractivity contribution in [2.24, 2.45) is 0 Å². The van der Waals surface area contributed by atoms with Gasteiger partial charge in [0.05, 0.1) is 0 Å². The average molecular weight is 387 g/mol. The first-order valence-electron chi connectivity index (χ1n) is 8.91. The monoisotopic (exact) mass is 386 g/mol. The van der Waals surface area contributed by atoms with E-state index in [1.165, 1.54) is 0 Å². The van der Waals surface area contributed by atoms with Gasteiger partial charge in [-0.25, -0.2) is 9.59 Å². The molecule has 1 heterocycles. The molecule has 0 spiro atoms. The number of urea groups is 2. The maximum atomic E-state index is 12.4. The fraction of sp³-hybridized carbons (Fsp3) is 0.300. The Kier molecular flexibility index (Phi) is 6.19. The van der Waals surface area contributed by atoms with E-state index in [0.29, 0.717) is 37.7 Å². The topological polar surface area (TPSA) is 64.7 Å². The molecule has 0 aliphatic carbocycles. The Hall–Kier alpha value is -2.73. The molecule has 1 aliphatic heterocycles. The molecule has 1 fully saturated rings. The van der Waals surface area contributed by atoms with Crippen molar-refractivity contribution in [1.29, 1.82) is 0 Å². The van der Waals surface area contributed by atoms with Crippen LogP contribution in [0.4, 0.5) is 15.3 Å². The molecular weight excluding hydrogens is 364 g/mol. The summed E-state index contributed by atoms with van der Waals surface area (Å²) in [5.74, 6) is 0. The van der Waals surface area contributed by atoms with Crippen LogP contribution in [-0.4, -0.2) is 48.0 Å². The zero-order valence-corrected chi connectivity index (χ0v) is 16.0. The number of benzene rings is 2. The molecule has 0 bridgehead atoms. The molecule has 1 saturated heterocycles. The lowest BCUT2D eigenvalue weighted by Gasteiger charge is -2.34. The van der Waals surface area contributed by atoms with Gasteiger partial charge in [-0.1, -0.05) is 35.9 Å². The molecule has 3 rings (SSSR count). The van der Waals surface area contributed by atoms with Gasteiger partial charge >= 0.3 is 12.1 Å². The third-order valence-corrected chi connectivity index (χ3v) is 4.69. The van der Waals surface area contributed by atoms with Crippen LogP contribution in [0.3, 0.4) is 0 Å². The van der Waals surface area contributed by atoms with E-state index in [1.54, 1.807) is 15.9 Å². The number of halogens is 1. The van der Waals surface area contributed by atoms with Crippen molar-refractivity contribution >= 4 is 29.4 Å². The Balaban J connectivity index is 1.45. The summed E-state index contributed by atoms with van der Waals surface area (Å²) in [7, 11) is 0. The van der Waals surface area contributed by atoms with E-state index >= 15 is 0 Å². The molecule has 27 heavy (non-hydrogen) atoms. The Morgan fingerprint density at radius 1 is 0.963 bits per heavy atom. The number of anilines is 1. The number of piperazine rings is 1. The summed E-state index contributed by atoms with van der Waals surface area (Å²) in [6, 6.07) is 14.8. The second-order valence-electron chi connectivity index (χ2n) is 6.56.